The Bertz CT molecular complexity index is 505. The lowest BCUT2D eigenvalue weighted by Gasteiger charge is -2.03. The highest BCUT2D eigenvalue weighted by atomic mass is 16.4. The molecule has 0 saturated carbocycles. The maximum atomic E-state index is 5.62. The summed E-state index contributed by atoms with van der Waals surface area (Å²) >= 11 is 0. The molecule has 96 valence electrons. The van der Waals surface area contributed by atoms with E-state index in [9.17, 15) is 0 Å². The predicted octanol–water partition coefficient (Wildman–Crippen LogP) is 2.79. The zero-order valence-electron chi connectivity index (χ0n) is 11.1. The minimum atomic E-state index is 0.583. The maximum absolute atomic E-state index is 5.62. The Morgan fingerprint density at radius 2 is 2.11 bits per heavy atom. The fourth-order valence-electron chi connectivity index (χ4n) is 1.69. The first-order chi connectivity index (χ1) is 8.65. The molecule has 4 nitrogen and oxygen atoms in total. The van der Waals surface area contributed by atoms with Crippen molar-refractivity contribution >= 4 is 0 Å². The first kappa shape index (κ1) is 12.8. The van der Waals surface area contributed by atoms with Gasteiger partial charge in [-0.05, 0) is 31.5 Å². The smallest absolute Gasteiger partial charge is 0.247 e. The van der Waals surface area contributed by atoms with Gasteiger partial charge in [0.15, 0.2) is 0 Å². The molecule has 0 radical (unpaired) electrons. The second-order valence-corrected chi connectivity index (χ2v) is 4.90. The molecule has 0 unspecified atom stereocenters. The fraction of sp³-hybridized carbons (Fsp3) is 0.429. The summed E-state index contributed by atoms with van der Waals surface area (Å²) in [5.41, 5.74) is 2.16. The van der Waals surface area contributed by atoms with Gasteiger partial charge in [-0.1, -0.05) is 31.5 Å². The lowest BCUT2D eigenvalue weighted by atomic mass is 10.1. The van der Waals surface area contributed by atoms with Crippen molar-refractivity contribution in [3.63, 3.8) is 0 Å². The van der Waals surface area contributed by atoms with E-state index < -0.39 is 0 Å². The Morgan fingerprint density at radius 1 is 1.28 bits per heavy atom. The van der Waals surface area contributed by atoms with Crippen LogP contribution in [0.1, 0.15) is 25.3 Å². The molecule has 4 heteroatoms. The molecule has 0 fully saturated rings. The molecule has 0 atom stereocenters. The second kappa shape index (κ2) is 5.78. The molecular weight excluding hydrogens is 226 g/mol. The first-order valence-corrected chi connectivity index (χ1v) is 6.25. The van der Waals surface area contributed by atoms with Gasteiger partial charge >= 0.3 is 0 Å². The Morgan fingerprint density at radius 3 is 2.83 bits per heavy atom. The Kier molecular flexibility index (Phi) is 4.10. The van der Waals surface area contributed by atoms with Gasteiger partial charge in [0.2, 0.25) is 11.8 Å². The monoisotopic (exact) mass is 245 g/mol. The van der Waals surface area contributed by atoms with Crippen LogP contribution in [0.15, 0.2) is 28.7 Å². The third-order valence-corrected chi connectivity index (χ3v) is 2.56. The van der Waals surface area contributed by atoms with E-state index in [4.69, 9.17) is 4.42 Å². The SMILES string of the molecule is Cc1cccc(-c2nnc(CNCC(C)C)o2)c1. The van der Waals surface area contributed by atoms with Crippen LogP contribution in [0.5, 0.6) is 0 Å². The van der Waals surface area contributed by atoms with Gasteiger partial charge in [0, 0.05) is 5.56 Å². The summed E-state index contributed by atoms with van der Waals surface area (Å²) in [5.74, 6) is 1.83. The van der Waals surface area contributed by atoms with Crippen molar-refractivity contribution in [2.45, 2.75) is 27.3 Å². The molecular formula is C14H19N3O. The summed E-state index contributed by atoms with van der Waals surface area (Å²) in [6.07, 6.45) is 0. The molecule has 0 bridgehead atoms. The minimum absolute atomic E-state index is 0.583. The number of nitrogens with one attached hydrogen (secondary N) is 1. The van der Waals surface area contributed by atoms with Crippen molar-refractivity contribution in [1.29, 1.82) is 0 Å². The van der Waals surface area contributed by atoms with E-state index >= 15 is 0 Å². The van der Waals surface area contributed by atoms with Crippen LogP contribution in [0.25, 0.3) is 11.5 Å². The van der Waals surface area contributed by atoms with Crippen molar-refractivity contribution < 1.29 is 4.42 Å². The fourth-order valence-corrected chi connectivity index (χ4v) is 1.69. The number of aryl methyl sites for hydroxylation is 1. The van der Waals surface area contributed by atoms with Gasteiger partial charge < -0.3 is 9.73 Å². The van der Waals surface area contributed by atoms with E-state index in [1.807, 2.05) is 31.2 Å². The molecule has 0 amide bonds. The normalized spacial score (nSPS) is 11.1. The first-order valence-electron chi connectivity index (χ1n) is 6.25. The Balaban J connectivity index is 2.02. The van der Waals surface area contributed by atoms with E-state index in [1.165, 1.54) is 5.56 Å². The minimum Gasteiger partial charge on any atom is -0.419 e. The summed E-state index contributed by atoms with van der Waals surface area (Å²) in [6, 6.07) is 8.06. The lowest BCUT2D eigenvalue weighted by molar-refractivity contribution is 0.459. The van der Waals surface area contributed by atoms with E-state index in [0.29, 0.717) is 24.2 Å². The molecule has 2 aromatic rings. The van der Waals surface area contributed by atoms with Crippen LogP contribution in [-0.2, 0) is 6.54 Å². The molecule has 0 saturated heterocycles. The number of aromatic nitrogens is 2. The largest absolute Gasteiger partial charge is 0.419 e. The third-order valence-electron chi connectivity index (χ3n) is 2.56. The van der Waals surface area contributed by atoms with E-state index in [0.717, 1.165) is 12.1 Å². The molecule has 1 aromatic heterocycles. The molecule has 1 N–H and O–H groups in total. The van der Waals surface area contributed by atoms with Crippen LogP contribution in [-0.4, -0.2) is 16.7 Å². The topological polar surface area (TPSA) is 51.0 Å². The third kappa shape index (κ3) is 3.40. The Labute approximate surface area is 107 Å². The highest BCUT2D eigenvalue weighted by Gasteiger charge is 2.08. The second-order valence-electron chi connectivity index (χ2n) is 4.90. The number of rotatable bonds is 5. The summed E-state index contributed by atoms with van der Waals surface area (Å²) < 4.78 is 5.62. The van der Waals surface area contributed by atoms with Gasteiger partial charge in [-0.15, -0.1) is 10.2 Å². The average molecular weight is 245 g/mol. The van der Waals surface area contributed by atoms with Crippen LogP contribution >= 0.6 is 0 Å². The van der Waals surface area contributed by atoms with Gasteiger partial charge in [-0.25, -0.2) is 0 Å². The molecule has 1 aromatic carbocycles. The summed E-state index contributed by atoms with van der Waals surface area (Å²) in [6.45, 7) is 7.95. The zero-order valence-corrected chi connectivity index (χ0v) is 11.1. The van der Waals surface area contributed by atoms with Crippen LogP contribution in [0.2, 0.25) is 0 Å². The standard InChI is InChI=1S/C14H19N3O/c1-10(2)8-15-9-13-16-17-14(18-13)12-6-4-5-11(3)7-12/h4-7,10,15H,8-9H2,1-3H3. The summed E-state index contributed by atoms with van der Waals surface area (Å²) in [5, 5.41) is 11.4. The molecule has 1 heterocycles. The van der Waals surface area contributed by atoms with Gasteiger partial charge in [-0.2, -0.15) is 0 Å². The lowest BCUT2D eigenvalue weighted by Crippen LogP contribution is -2.19. The van der Waals surface area contributed by atoms with Crippen molar-refractivity contribution in [2.75, 3.05) is 6.54 Å². The Hall–Kier alpha value is -1.68. The van der Waals surface area contributed by atoms with E-state index in [2.05, 4.69) is 29.4 Å². The van der Waals surface area contributed by atoms with Gasteiger partial charge in [-0.3, -0.25) is 0 Å². The van der Waals surface area contributed by atoms with Gasteiger partial charge in [0.1, 0.15) is 0 Å². The van der Waals surface area contributed by atoms with Crippen LogP contribution < -0.4 is 5.32 Å². The van der Waals surface area contributed by atoms with Crippen molar-refractivity contribution in [2.24, 2.45) is 5.92 Å². The molecule has 0 spiro atoms. The number of hydrogen-bond acceptors (Lipinski definition) is 4. The predicted molar refractivity (Wildman–Crippen MR) is 71.0 cm³/mol. The molecule has 0 aliphatic carbocycles. The average Bonchev–Trinajstić information content (AvgIpc) is 2.77. The van der Waals surface area contributed by atoms with E-state index in [-0.39, 0.29) is 0 Å². The van der Waals surface area contributed by atoms with Gasteiger partial charge in [0.25, 0.3) is 0 Å². The quantitative estimate of drug-likeness (QED) is 0.880. The van der Waals surface area contributed by atoms with Gasteiger partial charge in [0.05, 0.1) is 6.54 Å². The van der Waals surface area contributed by atoms with Crippen LogP contribution in [0, 0.1) is 12.8 Å². The number of hydrogen-bond donors (Lipinski definition) is 1. The highest BCUT2D eigenvalue weighted by Crippen LogP contribution is 2.18. The maximum Gasteiger partial charge on any atom is 0.247 e. The zero-order chi connectivity index (χ0) is 13.0. The van der Waals surface area contributed by atoms with Crippen molar-refractivity contribution in [3.05, 3.63) is 35.7 Å². The molecule has 0 aliphatic heterocycles. The molecule has 18 heavy (non-hydrogen) atoms. The summed E-state index contributed by atoms with van der Waals surface area (Å²) in [7, 11) is 0. The molecule has 2 rings (SSSR count). The molecule has 0 aliphatic rings. The summed E-state index contributed by atoms with van der Waals surface area (Å²) in [4.78, 5) is 0. The van der Waals surface area contributed by atoms with Crippen LogP contribution in [0.4, 0.5) is 0 Å². The number of benzene rings is 1. The number of nitrogens with zero attached hydrogens (tertiary/aromatic N) is 2. The van der Waals surface area contributed by atoms with Crippen molar-refractivity contribution in [3.8, 4) is 11.5 Å². The van der Waals surface area contributed by atoms with Crippen LogP contribution in [0.3, 0.4) is 0 Å². The van der Waals surface area contributed by atoms with Crippen molar-refractivity contribution in [1.82, 2.24) is 15.5 Å². The highest BCUT2D eigenvalue weighted by molar-refractivity contribution is 5.53. The van der Waals surface area contributed by atoms with E-state index in [1.54, 1.807) is 0 Å².